The highest BCUT2D eigenvalue weighted by Gasteiger charge is 2.23. The van der Waals surface area contributed by atoms with Gasteiger partial charge in [-0.3, -0.25) is 4.79 Å². The lowest BCUT2D eigenvalue weighted by molar-refractivity contribution is -0.114. The molecule has 3 heteroatoms. The molecule has 0 amide bonds. The number of halogens is 1. The highest BCUT2D eigenvalue weighted by Crippen LogP contribution is 2.34. The van der Waals surface area contributed by atoms with E-state index in [2.05, 4.69) is 44.2 Å². The zero-order chi connectivity index (χ0) is 18.7. The minimum atomic E-state index is -0.138. The maximum atomic E-state index is 12.5. The van der Waals surface area contributed by atoms with Gasteiger partial charge in [-0.05, 0) is 52.8 Å². The van der Waals surface area contributed by atoms with Gasteiger partial charge in [-0.1, -0.05) is 61.8 Å². The monoisotopic (exact) mass is 361 g/mol. The van der Waals surface area contributed by atoms with Crippen LogP contribution in [0.2, 0.25) is 5.02 Å². The number of nitrogens with zero attached hydrogens (tertiary/aromatic N) is 1. The third kappa shape index (κ3) is 3.95. The Labute approximate surface area is 159 Å². The average molecular weight is 362 g/mol. The number of nitriles is 1. The van der Waals surface area contributed by atoms with Gasteiger partial charge >= 0.3 is 0 Å². The largest absolute Gasteiger partial charge is 0.293 e. The Balaban J connectivity index is 2.00. The molecule has 1 aliphatic rings. The molecule has 0 heterocycles. The molecule has 0 fully saturated rings. The lowest BCUT2D eigenvalue weighted by Gasteiger charge is -2.17. The molecule has 0 N–H and O–H groups in total. The second-order valence-corrected chi connectivity index (χ2v) is 7.41. The minimum absolute atomic E-state index is 0.138. The van der Waals surface area contributed by atoms with Crippen molar-refractivity contribution in [1.29, 1.82) is 5.26 Å². The normalized spacial score (nSPS) is 14.4. The summed E-state index contributed by atoms with van der Waals surface area (Å²) < 4.78 is 0. The average Bonchev–Trinajstić information content (AvgIpc) is 2.62. The minimum Gasteiger partial charge on any atom is -0.293 e. The van der Waals surface area contributed by atoms with Gasteiger partial charge in [-0.15, -0.1) is 0 Å². The van der Waals surface area contributed by atoms with Gasteiger partial charge in [-0.2, -0.15) is 5.26 Å². The third-order valence-corrected chi connectivity index (χ3v) is 4.71. The van der Waals surface area contributed by atoms with Gasteiger partial charge in [0, 0.05) is 17.0 Å². The lowest BCUT2D eigenvalue weighted by Crippen LogP contribution is -2.10. The summed E-state index contributed by atoms with van der Waals surface area (Å²) in [7, 11) is 0. The maximum Gasteiger partial charge on any atom is 0.178 e. The van der Waals surface area contributed by atoms with Crippen molar-refractivity contribution < 1.29 is 4.79 Å². The van der Waals surface area contributed by atoms with Crippen LogP contribution in [0.5, 0.6) is 0 Å². The molecule has 0 saturated carbocycles. The van der Waals surface area contributed by atoms with Crippen LogP contribution in [0.1, 0.15) is 37.0 Å². The van der Waals surface area contributed by atoms with E-state index in [1.807, 2.05) is 18.2 Å². The first kappa shape index (κ1) is 18.2. The van der Waals surface area contributed by atoms with Crippen molar-refractivity contribution >= 4 is 28.5 Å². The Kier molecular flexibility index (Phi) is 5.40. The van der Waals surface area contributed by atoms with Crippen molar-refractivity contribution in [3.63, 3.8) is 0 Å². The second-order valence-electron chi connectivity index (χ2n) is 6.97. The predicted molar refractivity (Wildman–Crippen MR) is 107 cm³/mol. The molecule has 0 radical (unpaired) electrons. The van der Waals surface area contributed by atoms with E-state index in [4.69, 9.17) is 11.6 Å². The van der Waals surface area contributed by atoms with Crippen LogP contribution in [0.4, 0.5) is 0 Å². The number of ketones is 1. The SMILES string of the molecule is CC(C)Cc1ccc(C2=CC(c3ccc(Cl)cc3)=C(C#N)C(=O)C2)cc1. The van der Waals surface area contributed by atoms with Gasteiger partial charge in [0.25, 0.3) is 0 Å². The summed E-state index contributed by atoms with van der Waals surface area (Å²) in [6.07, 6.45) is 3.25. The third-order valence-electron chi connectivity index (χ3n) is 4.45. The van der Waals surface area contributed by atoms with E-state index in [-0.39, 0.29) is 17.8 Å². The molecule has 0 saturated heterocycles. The summed E-state index contributed by atoms with van der Waals surface area (Å²) in [5, 5.41) is 10.1. The molecule has 0 atom stereocenters. The molecule has 2 nitrogen and oxygen atoms in total. The van der Waals surface area contributed by atoms with E-state index in [0.29, 0.717) is 16.5 Å². The zero-order valence-electron chi connectivity index (χ0n) is 14.9. The van der Waals surface area contributed by atoms with Crippen molar-refractivity contribution in [3.05, 3.63) is 81.9 Å². The summed E-state index contributed by atoms with van der Waals surface area (Å²) in [5.41, 5.74) is 4.96. The number of rotatable bonds is 4. The van der Waals surface area contributed by atoms with Crippen LogP contribution in [-0.2, 0) is 11.2 Å². The number of hydrogen-bond acceptors (Lipinski definition) is 2. The standard InChI is InChI=1S/C23H20ClNO/c1-15(2)11-16-3-5-17(6-4-16)19-12-21(22(14-25)23(26)13-19)18-7-9-20(24)10-8-18/h3-10,12,15H,11,13H2,1-2H3. The number of carbonyl (C=O) groups excluding carboxylic acids is 1. The molecule has 0 aliphatic heterocycles. The topological polar surface area (TPSA) is 40.9 Å². The van der Waals surface area contributed by atoms with Gasteiger partial charge in [0.05, 0.1) is 0 Å². The highest BCUT2D eigenvalue weighted by atomic mass is 35.5. The first-order valence-electron chi connectivity index (χ1n) is 8.71. The smallest absolute Gasteiger partial charge is 0.178 e. The Hall–Kier alpha value is -2.63. The Morgan fingerprint density at radius 2 is 1.65 bits per heavy atom. The van der Waals surface area contributed by atoms with Crippen LogP contribution in [0, 0.1) is 17.2 Å². The van der Waals surface area contributed by atoms with Gasteiger partial charge in [0.2, 0.25) is 0 Å². The molecular weight excluding hydrogens is 342 g/mol. The molecule has 130 valence electrons. The summed E-state index contributed by atoms with van der Waals surface area (Å²) in [5.74, 6) is 0.468. The van der Waals surface area contributed by atoms with Crippen LogP contribution < -0.4 is 0 Å². The fourth-order valence-electron chi connectivity index (χ4n) is 3.20. The Bertz CT molecular complexity index is 926. The molecule has 2 aromatic rings. The van der Waals surface area contributed by atoms with Crippen molar-refractivity contribution in [2.24, 2.45) is 5.92 Å². The van der Waals surface area contributed by atoms with E-state index in [1.54, 1.807) is 12.1 Å². The van der Waals surface area contributed by atoms with Crippen LogP contribution in [-0.4, -0.2) is 5.78 Å². The van der Waals surface area contributed by atoms with E-state index >= 15 is 0 Å². The number of benzene rings is 2. The molecule has 2 aromatic carbocycles. The van der Waals surface area contributed by atoms with Crippen LogP contribution in [0.3, 0.4) is 0 Å². The van der Waals surface area contributed by atoms with Gasteiger partial charge in [0.15, 0.2) is 5.78 Å². The second kappa shape index (κ2) is 7.72. The van der Waals surface area contributed by atoms with E-state index in [1.165, 1.54) is 5.56 Å². The summed E-state index contributed by atoms with van der Waals surface area (Å²) in [4.78, 5) is 12.5. The summed E-state index contributed by atoms with van der Waals surface area (Å²) in [6.45, 7) is 4.39. The maximum absolute atomic E-state index is 12.5. The first-order chi connectivity index (χ1) is 12.5. The molecule has 0 spiro atoms. The summed E-state index contributed by atoms with van der Waals surface area (Å²) >= 11 is 5.96. The molecule has 1 aliphatic carbocycles. The lowest BCUT2D eigenvalue weighted by atomic mass is 9.85. The van der Waals surface area contributed by atoms with Crippen LogP contribution >= 0.6 is 11.6 Å². The fraction of sp³-hybridized carbons (Fsp3) is 0.217. The van der Waals surface area contributed by atoms with Crippen LogP contribution in [0.15, 0.2) is 60.2 Å². The molecule has 0 aromatic heterocycles. The molecular formula is C23H20ClNO. The molecule has 3 rings (SSSR count). The predicted octanol–water partition coefficient (Wildman–Crippen LogP) is 5.87. The molecule has 26 heavy (non-hydrogen) atoms. The fourth-order valence-corrected chi connectivity index (χ4v) is 3.33. The molecule has 0 bridgehead atoms. The van der Waals surface area contributed by atoms with E-state index in [0.717, 1.165) is 23.1 Å². The zero-order valence-corrected chi connectivity index (χ0v) is 15.7. The van der Waals surface area contributed by atoms with Crippen molar-refractivity contribution in [1.82, 2.24) is 0 Å². The van der Waals surface area contributed by atoms with Gasteiger partial charge in [0.1, 0.15) is 11.6 Å². The number of hydrogen-bond donors (Lipinski definition) is 0. The molecule has 0 unspecified atom stereocenters. The Morgan fingerprint density at radius 1 is 1.04 bits per heavy atom. The first-order valence-corrected chi connectivity index (χ1v) is 9.09. The van der Waals surface area contributed by atoms with Crippen molar-refractivity contribution in [2.45, 2.75) is 26.7 Å². The number of Topliss-reactive ketones (excluding diaryl/α,β-unsaturated/α-hetero) is 1. The quantitative estimate of drug-likeness (QED) is 0.683. The number of carbonyl (C=O) groups is 1. The van der Waals surface area contributed by atoms with Gasteiger partial charge in [-0.25, -0.2) is 0 Å². The Morgan fingerprint density at radius 3 is 2.23 bits per heavy atom. The van der Waals surface area contributed by atoms with Crippen molar-refractivity contribution in [2.75, 3.05) is 0 Å². The van der Waals surface area contributed by atoms with E-state index in [9.17, 15) is 10.1 Å². The van der Waals surface area contributed by atoms with Crippen LogP contribution in [0.25, 0.3) is 11.1 Å². The highest BCUT2D eigenvalue weighted by molar-refractivity contribution is 6.30. The van der Waals surface area contributed by atoms with E-state index < -0.39 is 0 Å². The summed E-state index contributed by atoms with van der Waals surface area (Å²) in [6, 6.07) is 17.7. The van der Waals surface area contributed by atoms with Crippen molar-refractivity contribution in [3.8, 4) is 6.07 Å². The van der Waals surface area contributed by atoms with Gasteiger partial charge < -0.3 is 0 Å². The number of allylic oxidation sites excluding steroid dienone is 4.